The molecule has 67 heavy (non-hydrogen) atoms. The highest BCUT2D eigenvalue weighted by molar-refractivity contribution is 7.10. The summed E-state index contributed by atoms with van der Waals surface area (Å²) in [7, 11) is 0. The smallest absolute Gasteiger partial charge is 0.410 e. The molecule has 0 bridgehead atoms. The first-order valence-corrected chi connectivity index (χ1v) is 25.4. The molecule has 4 aliphatic carbocycles. The number of nitrogens with one attached hydrogen (secondary N) is 5. The van der Waals surface area contributed by atoms with Crippen molar-refractivity contribution in [3.8, 4) is 0 Å². The number of hydrogen-bond acceptors (Lipinski definition) is 11. The number of aromatic amines is 2. The molecule has 6 aromatic rings. The number of benzene rings is 2. The summed E-state index contributed by atoms with van der Waals surface area (Å²) < 4.78 is 5.51. The molecule has 0 saturated heterocycles. The second-order valence-corrected chi connectivity index (χ2v) is 22.9. The largest absolute Gasteiger partial charge is 0.444 e. The molecule has 0 radical (unpaired) electrons. The van der Waals surface area contributed by atoms with Crippen molar-refractivity contribution in [2.24, 2.45) is 10.8 Å². The molecule has 0 unspecified atom stereocenters. The number of fused-ring (bicyclic) bond motifs is 4. The van der Waals surface area contributed by atoms with Crippen LogP contribution in [-0.4, -0.2) is 74.0 Å². The summed E-state index contributed by atoms with van der Waals surface area (Å²) in [5.41, 5.74) is 5.75. The second-order valence-electron chi connectivity index (χ2n) is 21.0. The number of carbonyl (C=O) groups excluding carboxylic acids is 3. The molecule has 16 heteroatoms. The van der Waals surface area contributed by atoms with Crippen LogP contribution < -0.4 is 27.1 Å². The predicted molar refractivity (Wildman–Crippen MR) is 259 cm³/mol. The molecule has 3 amide bonds. The van der Waals surface area contributed by atoms with Crippen LogP contribution in [0.5, 0.6) is 0 Å². The van der Waals surface area contributed by atoms with Crippen LogP contribution in [0.15, 0.2) is 68.9 Å². The van der Waals surface area contributed by atoms with Gasteiger partial charge >= 0.3 is 6.09 Å². The minimum Gasteiger partial charge on any atom is -0.444 e. The Kier molecular flexibility index (Phi) is 11.0. The van der Waals surface area contributed by atoms with Crippen molar-refractivity contribution in [1.29, 1.82) is 0 Å². The number of H-pyrrole nitrogens is 2. The number of rotatable bonds is 6. The molecule has 2 aromatic carbocycles. The quantitative estimate of drug-likeness (QED) is 0.111. The van der Waals surface area contributed by atoms with E-state index in [1.54, 1.807) is 27.6 Å². The van der Waals surface area contributed by atoms with Crippen molar-refractivity contribution < 1.29 is 19.1 Å². The van der Waals surface area contributed by atoms with E-state index in [0.717, 1.165) is 120 Å². The van der Waals surface area contributed by atoms with Crippen LogP contribution in [0.2, 0.25) is 0 Å². The van der Waals surface area contributed by atoms with Gasteiger partial charge in [0.2, 0.25) is 0 Å². The minimum absolute atomic E-state index is 0.00719. The van der Waals surface area contributed by atoms with Gasteiger partial charge in [-0.3, -0.25) is 19.2 Å². The minimum atomic E-state index is -0.525. The number of carbonyl (C=O) groups is 3. The van der Waals surface area contributed by atoms with Crippen LogP contribution in [0.25, 0.3) is 21.5 Å². The first-order chi connectivity index (χ1) is 32.2. The Morgan fingerprint density at radius 2 is 1.16 bits per heavy atom. The molecule has 348 valence electrons. The third-order valence-electron chi connectivity index (χ3n) is 15.2. The number of aromatic nitrogens is 4. The van der Waals surface area contributed by atoms with E-state index in [1.165, 1.54) is 10.4 Å². The molecular formula is C51H56N8O6S2. The number of hydrogen-bond donors (Lipinski definition) is 5. The Hall–Kier alpha value is -5.71. The highest BCUT2D eigenvalue weighted by Crippen LogP contribution is 2.63. The van der Waals surface area contributed by atoms with Crippen LogP contribution >= 0.6 is 22.7 Å². The molecule has 12 rings (SSSR count). The van der Waals surface area contributed by atoms with Gasteiger partial charge in [0.05, 0.1) is 39.8 Å². The van der Waals surface area contributed by atoms with Crippen molar-refractivity contribution in [2.45, 2.75) is 128 Å². The van der Waals surface area contributed by atoms with E-state index in [1.807, 2.05) is 80.1 Å². The normalized spacial score (nSPS) is 25.9. The summed E-state index contributed by atoms with van der Waals surface area (Å²) >= 11 is 3.24. The first-order valence-electron chi connectivity index (χ1n) is 23.7. The highest BCUT2D eigenvalue weighted by atomic mass is 32.1. The third-order valence-corrected chi connectivity index (χ3v) is 17.3. The van der Waals surface area contributed by atoms with Crippen LogP contribution in [0.4, 0.5) is 4.79 Å². The molecule has 4 aromatic heterocycles. The molecule has 2 spiro atoms. The maximum Gasteiger partial charge on any atom is 0.410 e. The lowest BCUT2D eigenvalue weighted by atomic mass is 9.49. The lowest BCUT2D eigenvalue weighted by Crippen LogP contribution is -2.55. The Labute approximate surface area is 395 Å². The number of ether oxygens (including phenoxy) is 1. The number of amides is 3. The molecule has 0 atom stereocenters. The first kappa shape index (κ1) is 43.8. The van der Waals surface area contributed by atoms with Gasteiger partial charge in [0.1, 0.15) is 5.60 Å². The summed E-state index contributed by atoms with van der Waals surface area (Å²) in [6.07, 6.45) is 9.60. The van der Waals surface area contributed by atoms with Gasteiger partial charge < -0.3 is 25.6 Å². The maximum atomic E-state index is 13.1. The highest BCUT2D eigenvalue weighted by Gasteiger charge is 2.55. The van der Waals surface area contributed by atoms with Crippen molar-refractivity contribution in [3.05, 3.63) is 123 Å². The number of thiophene rings is 2. The molecule has 5 N–H and O–H groups in total. The zero-order valence-electron chi connectivity index (χ0n) is 38.1. The zero-order chi connectivity index (χ0) is 46.2. The summed E-state index contributed by atoms with van der Waals surface area (Å²) in [4.78, 5) is 66.6. The van der Waals surface area contributed by atoms with Crippen molar-refractivity contribution in [2.75, 3.05) is 13.1 Å². The molecule has 4 saturated carbocycles. The van der Waals surface area contributed by atoms with Gasteiger partial charge in [0, 0.05) is 68.3 Å². The van der Waals surface area contributed by atoms with Crippen LogP contribution in [0.3, 0.4) is 0 Å². The van der Waals surface area contributed by atoms with E-state index in [9.17, 15) is 24.0 Å². The van der Waals surface area contributed by atoms with Gasteiger partial charge in [-0.25, -0.2) is 15.0 Å². The van der Waals surface area contributed by atoms with E-state index in [-0.39, 0.29) is 46.5 Å². The van der Waals surface area contributed by atoms with E-state index < -0.39 is 5.60 Å². The van der Waals surface area contributed by atoms with Gasteiger partial charge in [-0.2, -0.15) is 10.2 Å². The summed E-state index contributed by atoms with van der Waals surface area (Å²) in [6, 6.07) is 15.8. The second kappa shape index (κ2) is 16.8. The molecule has 6 aliphatic rings. The fraction of sp³-hybridized carbons (Fsp3) is 0.471. The van der Waals surface area contributed by atoms with E-state index in [0.29, 0.717) is 42.1 Å². The van der Waals surface area contributed by atoms with E-state index in [4.69, 9.17) is 4.74 Å². The monoisotopic (exact) mass is 940 g/mol. The Bertz CT molecular complexity index is 3050. The van der Waals surface area contributed by atoms with Crippen LogP contribution in [0, 0.1) is 10.8 Å². The Balaban J connectivity index is 0.000000151. The van der Waals surface area contributed by atoms with Gasteiger partial charge in [0.15, 0.2) is 0 Å². The molecule has 2 aliphatic heterocycles. The van der Waals surface area contributed by atoms with Crippen molar-refractivity contribution in [1.82, 2.24) is 41.2 Å². The molecule has 14 nitrogen and oxygen atoms in total. The number of nitrogens with zero attached hydrogens (tertiary/aromatic N) is 3. The Morgan fingerprint density at radius 3 is 1.67 bits per heavy atom. The fourth-order valence-corrected chi connectivity index (χ4v) is 14.2. The topological polar surface area (TPSA) is 191 Å². The van der Waals surface area contributed by atoms with Gasteiger partial charge in [-0.05, 0) is 126 Å². The standard InChI is InChI=1S/C28H32N4O4S.C23H24N4O2S/c1-27(2,3)36-26(35)32-9-8-18-21(15-37-22(18)14-32)24(33)29-17-12-28(13-17)10-16(11-28)23-19-6-4-5-7-20(19)25(34)31-30-23;28-21(18-12-30-19-11-24-6-5-15(18)19)25-14-9-23(10-14)7-13(8-23)20-16-3-1-2-4-17(16)22(29)27-26-20/h4-7,15-17H,8-14H2,1-3H3,(H,29,33)(H,31,34);1-4,12-14,24H,5-11H2,(H,25,28)(H,27,29). The fourth-order valence-electron chi connectivity index (χ4n) is 12.1. The average molecular weight is 941 g/mol. The van der Waals surface area contributed by atoms with Gasteiger partial charge in [-0.1, -0.05) is 36.4 Å². The van der Waals surface area contributed by atoms with Crippen molar-refractivity contribution >= 4 is 62.1 Å². The predicted octanol–water partition coefficient (Wildman–Crippen LogP) is 7.82. The van der Waals surface area contributed by atoms with Crippen LogP contribution in [-0.2, 0) is 30.7 Å². The summed E-state index contributed by atoms with van der Waals surface area (Å²) in [5.74, 6) is 0.820. The maximum absolute atomic E-state index is 13.1. The SMILES string of the molecule is CC(C)(C)OC(=O)N1CCc2c(C(=O)NC3CC4(C3)CC(c3n[nH]c(=O)c5ccccc35)C4)csc2C1.O=C(NC1CC2(C1)CC(c1n[nH]c(=O)c3ccccc13)C2)c1csc2c1CCNC2. The van der Waals surface area contributed by atoms with Gasteiger partial charge in [-0.15, -0.1) is 22.7 Å². The van der Waals surface area contributed by atoms with Crippen molar-refractivity contribution in [3.63, 3.8) is 0 Å². The zero-order valence-corrected chi connectivity index (χ0v) is 39.7. The summed E-state index contributed by atoms with van der Waals surface area (Å²) in [6.45, 7) is 8.48. The summed E-state index contributed by atoms with van der Waals surface area (Å²) in [5, 5.41) is 31.3. The van der Waals surface area contributed by atoms with E-state index in [2.05, 4.69) is 36.3 Å². The van der Waals surface area contributed by atoms with E-state index >= 15 is 0 Å². The average Bonchev–Trinajstić information content (AvgIpc) is 3.90. The molecule has 6 heterocycles. The molecule has 4 fully saturated rings. The third kappa shape index (κ3) is 8.28. The lowest BCUT2D eigenvalue weighted by molar-refractivity contribution is -0.0199. The van der Waals surface area contributed by atoms with Gasteiger partial charge in [0.25, 0.3) is 22.9 Å². The Morgan fingerprint density at radius 1 is 0.687 bits per heavy atom. The lowest BCUT2D eigenvalue weighted by Gasteiger charge is -2.57. The van der Waals surface area contributed by atoms with Crippen LogP contribution in [0.1, 0.15) is 137 Å². The molecular weight excluding hydrogens is 885 g/mol.